The Hall–Kier alpha value is -3.61. The van der Waals surface area contributed by atoms with Gasteiger partial charge in [0, 0.05) is 37.3 Å². The average Bonchev–Trinajstić information content (AvgIpc) is 2.79. The van der Waals surface area contributed by atoms with E-state index in [1.807, 2.05) is 63.3 Å². The number of hydrogen-bond donors (Lipinski definition) is 3. The number of amides is 2. The third-order valence-corrected chi connectivity index (χ3v) is 4.34. The van der Waals surface area contributed by atoms with Gasteiger partial charge in [0.25, 0.3) is 0 Å². The molecule has 0 spiro atoms. The summed E-state index contributed by atoms with van der Waals surface area (Å²) in [5, 5.41) is 9.13. The summed E-state index contributed by atoms with van der Waals surface area (Å²) in [6, 6.07) is 1.85. The van der Waals surface area contributed by atoms with E-state index in [0.29, 0.717) is 24.5 Å². The topological polar surface area (TPSA) is 86.4 Å². The van der Waals surface area contributed by atoms with Gasteiger partial charge in [-0.2, -0.15) is 0 Å². The fourth-order valence-corrected chi connectivity index (χ4v) is 2.64. The first-order valence-corrected chi connectivity index (χ1v) is 10.7. The second-order valence-corrected chi connectivity index (χ2v) is 7.08. The molecule has 172 valence electrons. The number of rotatable bonds is 13. The molecule has 0 radical (unpaired) electrons. The predicted octanol–water partition coefficient (Wildman–Crippen LogP) is 4.47. The fourth-order valence-electron chi connectivity index (χ4n) is 2.64. The van der Waals surface area contributed by atoms with Crippen molar-refractivity contribution in [2.75, 3.05) is 30.8 Å². The van der Waals surface area contributed by atoms with Crippen LogP contribution in [0.15, 0.2) is 66.2 Å². The SMILES string of the molecule is C\C=C/C=C\C=C(/C)N/C(=C/C)CN(C)C(=O)/C=C/c1cnc(NC=O)c(NCCC)c1. The van der Waals surface area contributed by atoms with Crippen molar-refractivity contribution in [1.82, 2.24) is 15.2 Å². The third kappa shape index (κ3) is 9.93. The van der Waals surface area contributed by atoms with Crippen molar-refractivity contribution in [3.63, 3.8) is 0 Å². The van der Waals surface area contributed by atoms with Gasteiger partial charge in [-0.05, 0) is 51.0 Å². The maximum absolute atomic E-state index is 12.6. The van der Waals surface area contributed by atoms with Gasteiger partial charge in [-0.3, -0.25) is 9.59 Å². The monoisotopic (exact) mass is 437 g/mol. The van der Waals surface area contributed by atoms with E-state index in [2.05, 4.69) is 27.9 Å². The Morgan fingerprint density at radius 1 is 1.22 bits per heavy atom. The van der Waals surface area contributed by atoms with E-state index in [9.17, 15) is 9.59 Å². The molecule has 1 rings (SSSR count). The van der Waals surface area contributed by atoms with Crippen molar-refractivity contribution in [3.05, 3.63) is 71.8 Å². The van der Waals surface area contributed by atoms with Crippen LogP contribution in [0, 0.1) is 0 Å². The van der Waals surface area contributed by atoms with Gasteiger partial charge < -0.3 is 20.9 Å². The van der Waals surface area contributed by atoms with Crippen molar-refractivity contribution in [1.29, 1.82) is 0 Å². The molecule has 3 N–H and O–H groups in total. The van der Waals surface area contributed by atoms with E-state index >= 15 is 0 Å². The largest absolute Gasteiger partial charge is 0.382 e. The molecule has 0 atom stereocenters. The molecule has 1 aromatic heterocycles. The number of aromatic nitrogens is 1. The van der Waals surface area contributed by atoms with Gasteiger partial charge in [0.15, 0.2) is 5.82 Å². The van der Waals surface area contributed by atoms with Crippen molar-refractivity contribution in [2.45, 2.75) is 34.1 Å². The highest BCUT2D eigenvalue weighted by Gasteiger charge is 2.08. The summed E-state index contributed by atoms with van der Waals surface area (Å²) in [7, 11) is 1.76. The average molecular weight is 438 g/mol. The lowest BCUT2D eigenvalue weighted by molar-refractivity contribution is -0.124. The van der Waals surface area contributed by atoms with Crippen LogP contribution in [0.4, 0.5) is 11.5 Å². The molecular formula is C25H35N5O2. The van der Waals surface area contributed by atoms with Crippen molar-refractivity contribution in [3.8, 4) is 0 Å². The number of hydrogen-bond acceptors (Lipinski definition) is 5. The number of anilines is 2. The minimum Gasteiger partial charge on any atom is -0.382 e. The fraction of sp³-hybridized carbons (Fsp3) is 0.320. The van der Waals surface area contributed by atoms with Crippen LogP contribution in [0.25, 0.3) is 6.08 Å². The van der Waals surface area contributed by atoms with Crippen molar-refractivity contribution < 1.29 is 9.59 Å². The lowest BCUT2D eigenvalue weighted by Crippen LogP contribution is -2.30. The second-order valence-electron chi connectivity index (χ2n) is 7.08. The standard InChI is InChI=1S/C25H35N5O2/c1-6-9-10-11-12-20(4)29-22(8-3)18-30(5)24(32)14-13-21-16-23(26-15-7-2)25(27-17-21)28-19-31/h6,8-14,16-17,19,26,29H,7,15,18H2,1-5H3,(H,27,28,31)/b9-6-,11-10-,14-13+,20-12+,22-8+. The smallest absolute Gasteiger partial charge is 0.246 e. The van der Waals surface area contributed by atoms with Crippen LogP contribution in [0.1, 0.15) is 39.7 Å². The number of likely N-dealkylation sites (N-methyl/N-ethyl adjacent to an activating group) is 1. The summed E-state index contributed by atoms with van der Waals surface area (Å²) in [6.07, 6.45) is 18.2. The van der Waals surface area contributed by atoms with Gasteiger partial charge in [-0.1, -0.05) is 37.3 Å². The Bertz CT molecular complexity index is 898. The maximum Gasteiger partial charge on any atom is 0.246 e. The molecule has 0 bridgehead atoms. The maximum atomic E-state index is 12.6. The van der Waals surface area contributed by atoms with Gasteiger partial charge in [0.05, 0.1) is 12.2 Å². The molecular weight excluding hydrogens is 402 g/mol. The molecule has 0 saturated carbocycles. The van der Waals surface area contributed by atoms with E-state index in [0.717, 1.165) is 29.9 Å². The van der Waals surface area contributed by atoms with Gasteiger partial charge in [-0.25, -0.2) is 4.98 Å². The predicted molar refractivity (Wildman–Crippen MR) is 134 cm³/mol. The minimum absolute atomic E-state index is 0.126. The quantitative estimate of drug-likeness (QED) is 0.241. The lowest BCUT2D eigenvalue weighted by Gasteiger charge is -2.19. The van der Waals surface area contributed by atoms with Crippen LogP contribution in [-0.2, 0) is 9.59 Å². The van der Waals surface area contributed by atoms with E-state index in [-0.39, 0.29) is 5.91 Å². The highest BCUT2D eigenvalue weighted by atomic mass is 16.2. The molecule has 0 aromatic carbocycles. The normalized spacial score (nSPS) is 12.5. The molecule has 0 aliphatic rings. The van der Waals surface area contributed by atoms with Gasteiger partial charge >= 0.3 is 0 Å². The summed E-state index contributed by atoms with van der Waals surface area (Å²) in [6.45, 7) is 9.14. The molecule has 0 aliphatic heterocycles. The van der Waals surface area contributed by atoms with Crippen LogP contribution >= 0.6 is 0 Å². The molecule has 7 heteroatoms. The number of carbonyl (C=O) groups excluding carboxylic acids is 2. The Morgan fingerprint density at radius 2 is 2.00 bits per heavy atom. The highest BCUT2D eigenvalue weighted by Crippen LogP contribution is 2.20. The number of nitrogens with one attached hydrogen (secondary N) is 3. The molecule has 0 fully saturated rings. The molecule has 1 heterocycles. The zero-order chi connectivity index (χ0) is 23.8. The van der Waals surface area contributed by atoms with Gasteiger partial charge in [0.1, 0.15) is 0 Å². The van der Waals surface area contributed by atoms with Crippen molar-refractivity contribution in [2.24, 2.45) is 0 Å². The molecule has 1 aromatic rings. The first-order valence-electron chi connectivity index (χ1n) is 10.7. The van der Waals surface area contributed by atoms with E-state index in [1.54, 1.807) is 24.2 Å². The third-order valence-electron chi connectivity index (χ3n) is 4.34. The molecule has 32 heavy (non-hydrogen) atoms. The Kier molecular flexibility index (Phi) is 12.6. The summed E-state index contributed by atoms with van der Waals surface area (Å²) in [5.74, 6) is 0.334. The van der Waals surface area contributed by atoms with E-state index in [1.165, 1.54) is 6.08 Å². The molecule has 7 nitrogen and oxygen atoms in total. The lowest BCUT2D eigenvalue weighted by atomic mass is 10.2. The molecule has 2 amide bonds. The van der Waals surface area contributed by atoms with Crippen LogP contribution in [0.3, 0.4) is 0 Å². The Labute approximate surface area is 191 Å². The summed E-state index contributed by atoms with van der Waals surface area (Å²) >= 11 is 0. The minimum atomic E-state index is -0.126. The summed E-state index contributed by atoms with van der Waals surface area (Å²) < 4.78 is 0. The summed E-state index contributed by atoms with van der Waals surface area (Å²) in [4.78, 5) is 29.2. The van der Waals surface area contributed by atoms with Crippen molar-refractivity contribution >= 4 is 29.9 Å². The first-order chi connectivity index (χ1) is 15.4. The second kappa shape index (κ2) is 15.2. The van der Waals surface area contributed by atoms with Crippen LogP contribution < -0.4 is 16.0 Å². The van der Waals surface area contributed by atoms with E-state index < -0.39 is 0 Å². The number of carbonyl (C=O) groups is 2. The highest BCUT2D eigenvalue weighted by molar-refractivity contribution is 5.92. The number of pyridine rings is 1. The molecule has 0 aliphatic carbocycles. The zero-order valence-electron chi connectivity index (χ0n) is 19.7. The number of allylic oxidation sites excluding steroid dienone is 7. The Morgan fingerprint density at radius 3 is 2.66 bits per heavy atom. The first kappa shape index (κ1) is 26.4. The number of nitrogens with zero attached hydrogens (tertiary/aromatic N) is 2. The Balaban J connectivity index is 2.78. The van der Waals surface area contributed by atoms with E-state index in [4.69, 9.17) is 0 Å². The van der Waals surface area contributed by atoms with Crippen LogP contribution in [0.2, 0.25) is 0 Å². The molecule has 0 unspecified atom stereocenters. The van der Waals surface area contributed by atoms with Crippen LogP contribution in [0.5, 0.6) is 0 Å². The molecule has 0 saturated heterocycles. The summed E-state index contributed by atoms with van der Waals surface area (Å²) in [5.41, 5.74) is 3.39. The van der Waals surface area contributed by atoms with Gasteiger partial charge in [-0.15, -0.1) is 0 Å². The van der Waals surface area contributed by atoms with Gasteiger partial charge in [0.2, 0.25) is 12.3 Å². The zero-order valence-corrected chi connectivity index (χ0v) is 19.7. The van der Waals surface area contributed by atoms with Crippen LogP contribution in [-0.4, -0.2) is 42.3 Å².